The quantitative estimate of drug-likeness (QED) is 0.553. The van der Waals surface area contributed by atoms with Crippen LogP contribution in [0.4, 0.5) is 0 Å². The van der Waals surface area contributed by atoms with Crippen molar-refractivity contribution in [3.63, 3.8) is 0 Å². The number of carbonyl (C=O) groups is 1. The van der Waals surface area contributed by atoms with Crippen LogP contribution < -0.4 is 5.32 Å². The molecule has 0 bridgehead atoms. The van der Waals surface area contributed by atoms with Crippen LogP contribution in [0.15, 0.2) is 42.5 Å². The average Bonchev–Trinajstić information content (AvgIpc) is 2.95. The lowest BCUT2D eigenvalue weighted by Gasteiger charge is -2.05. The molecule has 0 aliphatic heterocycles. The van der Waals surface area contributed by atoms with Gasteiger partial charge in [0.25, 0.3) is 5.91 Å². The summed E-state index contributed by atoms with van der Waals surface area (Å²) in [7, 11) is 0. The molecule has 6 nitrogen and oxygen atoms in total. The fourth-order valence-corrected chi connectivity index (χ4v) is 2.27. The molecule has 0 aliphatic carbocycles. The van der Waals surface area contributed by atoms with Crippen LogP contribution in [0.3, 0.4) is 0 Å². The van der Waals surface area contributed by atoms with E-state index in [1.807, 2.05) is 24.3 Å². The molecule has 0 spiro atoms. The van der Waals surface area contributed by atoms with Gasteiger partial charge in [-0.2, -0.15) is 5.10 Å². The van der Waals surface area contributed by atoms with E-state index in [4.69, 9.17) is 0 Å². The lowest BCUT2D eigenvalue weighted by Crippen LogP contribution is -2.26. The van der Waals surface area contributed by atoms with E-state index in [-0.39, 0.29) is 17.4 Å². The summed E-state index contributed by atoms with van der Waals surface area (Å²) in [6.07, 6.45) is 0.544. The normalized spacial score (nSPS) is 10.7. The van der Waals surface area contributed by atoms with Gasteiger partial charge in [-0.3, -0.25) is 9.89 Å². The van der Waals surface area contributed by atoms with Crippen molar-refractivity contribution in [3.8, 4) is 11.5 Å². The number of aromatic amines is 1. The number of benzene rings is 2. The molecule has 0 radical (unpaired) electrons. The average molecular weight is 297 g/mol. The third-order valence-corrected chi connectivity index (χ3v) is 3.42. The second-order valence-corrected chi connectivity index (χ2v) is 4.95. The van der Waals surface area contributed by atoms with Gasteiger partial charge in [0.1, 0.15) is 0 Å². The summed E-state index contributed by atoms with van der Waals surface area (Å²) in [5.41, 5.74) is 2.00. The van der Waals surface area contributed by atoms with Crippen molar-refractivity contribution in [1.29, 1.82) is 0 Å². The summed E-state index contributed by atoms with van der Waals surface area (Å²) >= 11 is 0. The van der Waals surface area contributed by atoms with Gasteiger partial charge in [0.15, 0.2) is 17.2 Å². The zero-order valence-electron chi connectivity index (χ0n) is 11.7. The molecule has 4 N–H and O–H groups in total. The van der Waals surface area contributed by atoms with Gasteiger partial charge in [0.05, 0.1) is 5.52 Å². The molecule has 0 aliphatic rings. The molecule has 22 heavy (non-hydrogen) atoms. The van der Waals surface area contributed by atoms with Gasteiger partial charge in [0, 0.05) is 11.9 Å². The molecule has 112 valence electrons. The molecule has 6 heteroatoms. The minimum Gasteiger partial charge on any atom is -0.504 e. The molecule has 1 amide bonds. The Kier molecular flexibility index (Phi) is 3.65. The van der Waals surface area contributed by atoms with E-state index in [0.29, 0.717) is 18.7 Å². The van der Waals surface area contributed by atoms with Gasteiger partial charge >= 0.3 is 0 Å². The monoisotopic (exact) mass is 297 g/mol. The number of rotatable bonds is 4. The Balaban J connectivity index is 1.64. The molecular weight excluding hydrogens is 282 g/mol. The highest BCUT2D eigenvalue weighted by Gasteiger charge is 2.13. The summed E-state index contributed by atoms with van der Waals surface area (Å²) in [5.74, 6) is -0.571. The Morgan fingerprint density at radius 3 is 2.77 bits per heavy atom. The molecule has 2 aromatic carbocycles. The molecule has 3 rings (SSSR count). The predicted octanol–water partition coefficient (Wildman–Crippen LogP) is 1.95. The van der Waals surface area contributed by atoms with Crippen molar-refractivity contribution in [2.75, 3.05) is 6.54 Å². The zero-order chi connectivity index (χ0) is 15.5. The van der Waals surface area contributed by atoms with Crippen LogP contribution in [0.1, 0.15) is 16.1 Å². The van der Waals surface area contributed by atoms with Crippen LogP contribution in [0.25, 0.3) is 10.9 Å². The zero-order valence-corrected chi connectivity index (χ0v) is 11.7. The smallest absolute Gasteiger partial charge is 0.272 e. The van der Waals surface area contributed by atoms with Crippen LogP contribution in [0, 0.1) is 0 Å². The van der Waals surface area contributed by atoms with Gasteiger partial charge in [-0.15, -0.1) is 0 Å². The highest BCUT2D eigenvalue weighted by molar-refractivity contribution is 6.04. The molecule has 0 saturated carbocycles. The van der Waals surface area contributed by atoms with Crippen molar-refractivity contribution in [2.24, 2.45) is 0 Å². The molecule has 0 saturated heterocycles. The Bertz CT molecular complexity index is 826. The van der Waals surface area contributed by atoms with E-state index in [1.54, 1.807) is 6.07 Å². The minimum atomic E-state index is -0.250. The van der Waals surface area contributed by atoms with Gasteiger partial charge in [-0.25, -0.2) is 0 Å². The number of aromatic nitrogens is 2. The van der Waals surface area contributed by atoms with Crippen LogP contribution in [0.5, 0.6) is 11.5 Å². The number of nitrogens with one attached hydrogen (secondary N) is 2. The van der Waals surface area contributed by atoms with E-state index in [1.165, 1.54) is 12.1 Å². The number of H-pyrrole nitrogens is 1. The highest BCUT2D eigenvalue weighted by atomic mass is 16.3. The first-order chi connectivity index (χ1) is 10.6. The standard InChI is InChI=1S/C16H15N3O3/c20-13-6-5-10(9-14(13)21)7-8-17-16(22)15-11-3-1-2-4-12(11)18-19-15/h1-6,9,20-21H,7-8H2,(H,17,22)(H,18,19). The van der Waals surface area contributed by atoms with Gasteiger partial charge in [0.2, 0.25) is 0 Å². The number of phenolic OH excluding ortho intramolecular Hbond substituents is 2. The highest BCUT2D eigenvalue weighted by Crippen LogP contribution is 2.24. The number of phenols is 2. The first-order valence-corrected chi connectivity index (χ1v) is 6.87. The van der Waals surface area contributed by atoms with Crippen molar-refractivity contribution in [1.82, 2.24) is 15.5 Å². The van der Waals surface area contributed by atoms with E-state index >= 15 is 0 Å². The van der Waals surface area contributed by atoms with Crippen LogP contribution in [0.2, 0.25) is 0 Å². The summed E-state index contributed by atoms with van der Waals surface area (Å²) in [5, 5.41) is 29.1. The maximum atomic E-state index is 12.1. The molecule has 1 heterocycles. The lowest BCUT2D eigenvalue weighted by molar-refractivity contribution is 0.0950. The predicted molar refractivity (Wildman–Crippen MR) is 81.9 cm³/mol. The minimum absolute atomic E-state index is 0.157. The van der Waals surface area contributed by atoms with Crippen molar-refractivity contribution >= 4 is 16.8 Å². The molecular formula is C16H15N3O3. The Morgan fingerprint density at radius 1 is 1.14 bits per heavy atom. The molecule has 1 aromatic heterocycles. The third kappa shape index (κ3) is 2.71. The number of amides is 1. The largest absolute Gasteiger partial charge is 0.504 e. The maximum absolute atomic E-state index is 12.1. The molecule has 3 aromatic rings. The second kappa shape index (κ2) is 5.77. The fraction of sp³-hybridized carbons (Fsp3) is 0.125. The number of carbonyl (C=O) groups excluding carboxylic acids is 1. The van der Waals surface area contributed by atoms with Gasteiger partial charge < -0.3 is 15.5 Å². The van der Waals surface area contributed by atoms with E-state index in [9.17, 15) is 15.0 Å². The van der Waals surface area contributed by atoms with Gasteiger partial charge in [-0.1, -0.05) is 24.3 Å². The third-order valence-electron chi connectivity index (χ3n) is 3.42. The number of hydrogen-bond donors (Lipinski definition) is 4. The van der Waals surface area contributed by atoms with Gasteiger partial charge in [-0.05, 0) is 30.2 Å². The maximum Gasteiger partial charge on any atom is 0.272 e. The Morgan fingerprint density at radius 2 is 1.95 bits per heavy atom. The Hall–Kier alpha value is -3.02. The molecule has 0 atom stereocenters. The second-order valence-electron chi connectivity index (χ2n) is 4.95. The fourth-order valence-electron chi connectivity index (χ4n) is 2.27. The summed E-state index contributed by atoms with van der Waals surface area (Å²) in [6.45, 7) is 0.407. The summed E-state index contributed by atoms with van der Waals surface area (Å²) < 4.78 is 0. The first-order valence-electron chi connectivity index (χ1n) is 6.87. The van der Waals surface area contributed by atoms with E-state index in [0.717, 1.165) is 16.5 Å². The van der Waals surface area contributed by atoms with Crippen molar-refractivity contribution in [2.45, 2.75) is 6.42 Å². The number of nitrogens with zero attached hydrogens (tertiary/aromatic N) is 1. The van der Waals surface area contributed by atoms with E-state index in [2.05, 4.69) is 15.5 Å². The number of aromatic hydroxyl groups is 2. The first kappa shape index (κ1) is 13.9. The lowest BCUT2D eigenvalue weighted by atomic mass is 10.1. The van der Waals surface area contributed by atoms with E-state index < -0.39 is 0 Å². The number of para-hydroxylation sites is 1. The molecule has 0 unspecified atom stereocenters. The topological polar surface area (TPSA) is 98.2 Å². The summed E-state index contributed by atoms with van der Waals surface area (Å²) in [4.78, 5) is 12.1. The molecule has 0 fully saturated rings. The Labute approximate surface area is 126 Å². The van der Waals surface area contributed by atoms with Crippen LogP contribution >= 0.6 is 0 Å². The van der Waals surface area contributed by atoms with Crippen molar-refractivity contribution in [3.05, 3.63) is 53.7 Å². The number of hydrogen-bond acceptors (Lipinski definition) is 4. The number of fused-ring (bicyclic) bond motifs is 1. The van der Waals surface area contributed by atoms with Crippen LogP contribution in [-0.2, 0) is 6.42 Å². The van der Waals surface area contributed by atoms with Crippen molar-refractivity contribution < 1.29 is 15.0 Å². The van der Waals surface area contributed by atoms with Crippen LogP contribution in [-0.4, -0.2) is 32.9 Å². The summed E-state index contributed by atoms with van der Waals surface area (Å²) in [6, 6.07) is 12.0. The SMILES string of the molecule is O=C(NCCc1ccc(O)c(O)c1)c1n[nH]c2ccccc12.